The number of sulfonamides is 1. The Morgan fingerprint density at radius 2 is 1.71 bits per heavy atom. The Hall–Kier alpha value is -1.97. The van der Waals surface area contributed by atoms with Crippen molar-refractivity contribution in [2.24, 2.45) is 11.3 Å². The zero-order valence-corrected chi connectivity index (χ0v) is 20.1. The monoisotopic (exact) mass is 452 g/mol. The molecule has 1 fully saturated rings. The van der Waals surface area contributed by atoms with E-state index in [1.165, 1.54) is 16.4 Å². The number of piperidine rings is 1. The van der Waals surface area contributed by atoms with Gasteiger partial charge in [-0.2, -0.15) is 4.31 Å². The molecule has 0 atom stereocenters. The molecule has 1 heterocycles. The molecule has 0 saturated carbocycles. The summed E-state index contributed by atoms with van der Waals surface area (Å²) in [6, 6.07) is 6.20. The molecule has 1 aromatic carbocycles. The second-order valence-electron chi connectivity index (χ2n) is 9.22. The lowest BCUT2D eigenvalue weighted by atomic mass is 9.91. The van der Waals surface area contributed by atoms with E-state index >= 15 is 0 Å². The fourth-order valence-corrected chi connectivity index (χ4v) is 5.32. The van der Waals surface area contributed by atoms with Crippen molar-refractivity contribution in [2.75, 3.05) is 45.6 Å². The molecule has 1 aromatic rings. The molecular weight excluding hydrogens is 416 g/mol. The minimum Gasteiger partial charge on any atom is -0.355 e. The average molecular weight is 453 g/mol. The lowest BCUT2D eigenvalue weighted by molar-refractivity contribution is -0.126. The van der Waals surface area contributed by atoms with Crippen molar-refractivity contribution in [2.45, 2.75) is 44.9 Å². The predicted octanol–water partition coefficient (Wildman–Crippen LogP) is 2.14. The van der Waals surface area contributed by atoms with Crippen molar-refractivity contribution in [3.63, 3.8) is 0 Å². The van der Waals surface area contributed by atoms with Gasteiger partial charge < -0.3 is 15.5 Å². The Morgan fingerprint density at radius 3 is 2.23 bits per heavy atom. The third-order valence-corrected chi connectivity index (χ3v) is 7.32. The molecule has 0 spiro atoms. The van der Waals surface area contributed by atoms with Crippen LogP contribution in [0.15, 0.2) is 29.2 Å². The number of nitrogens with zero attached hydrogens (tertiary/aromatic N) is 2. The molecule has 2 N–H and O–H groups in total. The highest BCUT2D eigenvalue weighted by Gasteiger charge is 2.32. The number of hydrogen-bond donors (Lipinski definition) is 2. The van der Waals surface area contributed by atoms with Crippen LogP contribution >= 0.6 is 0 Å². The molecule has 1 saturated heterocycles. The van der Waals surface area contributed by atoms with Crippen molar-refractivity contribution in [1.82, 2.24) is 14.5 Å². The summed E-state index contributed by atoms with van der Waals surface area (Å²) in [5.74, 6) is -0.297. The Labute approximate surface area is 186 Å². The molecule has 0 radical (unpaired) electrons. The van der Waals surface area contributed by atoms with Gasteiger partial charge in [0.25, 0.3) is 0 Å². The summed E-state index contributed by atoms with van der Waals surface area (Å²) in [7, 11) is 0.389. The summed E-state index contributed by atoms with van der Waals surface area (Å²) in [5, 5.41) is 5.75. The Morgan fingerprint density at radius 1 is 1.13 bits per heavy atom. The van der Waals surface area contributed by atoms with Crippen molar-refractivity contribution in [1.29, 1.82) is 0 Å². The van der Waals surface area contributed by atoms with Crippen molar-refractivity contribution in [3.05, 3.63) is 24.3 Å². The third kappa shape index (κ3) is 7.29. The Balaban J connectivity index is 1.91. The first kappa shape index (κ1) is 25.3. The zero-order chi connectivity index (χ0) is 23.2. The summed E-state index contributed by atoms with van der Waals surface area (Å²) in [6.45, 7) is 8.06. The van der Waals surface area contributed by atoms with E-state index in [1.54, 1.807) is 19.1 Å². The average Bonchev–Trinajstić information content (AvgIpc) is 2.71. The van der Waals surface area contributed by atoms with Crippen LogP contribution in [0.2, 0.25) is 0 Å². The molecule has 9 heteroatoms. The first-order valence-electron chi connectivity index (χ1n) is 10.8. The molecule has 0 unspecified atom stereocenters. The van der Waals surface area contributed by atoms with E-state index in [1.807, 2.05) is 14.1 Å². The molecule has 174 valence electrons. The largest absolute Gasteiger partial charge is 0.355 e. The van der Waals surface area contributed by atoms with Gasteiger partial charge in [0.1, 0.15) is 0 Å². The molecular formula is C22H36N4O4S. The minimum atomic E-state index is -3.63. The molecule has 1 aliphatic rings. The van der Waals surface area contributed by atoms with Crippen LogP contribution < -0.4 is 10.6 Å². The number of hydrogen-bond acceptors (Lipinski definition) is 5. The van der Waals surface area contributed by atoms with Crippen LogP contribution in [0.3, 0.4) is 0 Å². The summed E-state index contributed by atoms with van der Waals surface area (Å²) >= 11 is 0. The standard InChI is InChI=1S/C22H36N4O4S/c1-6-20(27)24-18-7-9-19(10-8-18)31(29,30)26-13-11-17(12-14-26)21(28)23-15-22(2,3)16-25(4)5/h7-10,17H,6,11-16H2,1-5H3,(H,23,28)(H,24,27). The van der Waals surface area contributed by atoms with Crippen LogP contribution in [0.4, 0.5) is 5.69 Å². The quantitative estimate of drug-likeness (QED) is 0.598. The number of benzene rings is 1. The van der Waals surface area contributed by atoms with Crippen LogP contribution in [0.1, 0.15) is 40.0 Å². The van der Waals surface area contributed by atoms with Gasteiger partial charge in [0.2, 0.25) is 21.8 Å². The van der Waals surface area contributed by atoms with Gasteiger partial charge in [-0.3, -0.25) is 9.59 Å². The maximum atomic E-state index is 12.9. The van der Waals surface area contributed by atoms with Gasteiger partial charge in [0.15, 0.2) is 0 Å². The fraction of sp³-hybridized carbons (Fsp3) is 0.636. The van der Waals surface area contributed by atoms with E-state index < -0.39 is 10.0 Å². The predicted molar refractivity (Wildman–Crippen MR) is 122 cm³/mol. The third-order valence-electron chi connectivity index (χ3n) is 5.41. The van der Waals surface area contributed by atoms with Crippen molar-refractivity contribution in [3.8, 4) is 0 Å². The number of carbonyl (C=O) groups excluding carboxylic acids is 2. The number of rotatable bonds is 9. The smallest absolute Gasteiger partial charge is 0.243 e. The highest BCUT2D eigenvalue weighted by Crippen LogP contribution is 2.25. The normalized spacial score (nSPS) is 16.3. The van der Waals surface area contributed by atoms with Crippen LogP contribution in [0, 0.1) is 11.3 Å². The second kappa shape index (κ2) is 10.6. The summed E-state index contributed by atoms with van der Waals surface area (Å²) in [6.07, 6.45) is 1.36. The first-order valence-corrected chi connectivity index (χ1v) is 12.2. The molecule has 2 rings (SSSR count). The highest BCUT2D eigenvalue weighted by molar-refractivity contribution is 7.89. The maximum Gasteiger partial charge on any atom is 0.243 e. The highest BCUT2D eigenvalue weighted by atomic mass is 32.2. The number of anilines is 1. The summed E-state index contributed by atoms with van der Waals surface area (Å²) < 4.78 is 27.3. The first-order chi connectivity index (χ1) is 14.4. The van der Waals surface area contributed by atoms with Gasteiger partial charge in [-0.15, -0.1) is 0 Å². The Bertz CT molecular complexity index is 858. The molecule has 8 nitrogen and oxygen atoms in total. The molecule has 0 bridgehead atoms. The van der Waals surface area contributed by atoms with Crippen molar-refractivity contribution >= 4 is 27.5 Å². The van der Waals surface area contributed by atoms with Crippen LogP contribution in [-0.2, 0) is 19.6 Å². The van der Waals surface area contributed by atoms with Gasteiger partial charge in [-0.25, -0.2) is 8.42 Å². The number of nitrogens with one attached hydrogen (secondary N) is 2. The molecule has 0 aliphatic carbocycles. The number of amides is 2. The van der Waals surface area contributed by atoms with Gasteiger partial charge in [-0.1, -0.05) is 20.8 Å². The van der Waals surface area contributed by atoms with Crippen LogP contribution in [-0.4, -0.2) is 69.7 Å². The molecule has 1 aliphatic heterocycles. The molecule has 0 aromatic heterocycles. The summed E-state index contributed by atoms with van der Waals surface area (Å²) in [5.41, 5.74) is 0.532. The molecule has 2 amide bonds. The van der Waals surface area contributed by atoms with E-state index in [0.717, 1.165) is 6.54 Å². The van der Waals surface area contributed by atoms with E-state index in [4.69, 9.17) is 0 Å². The maximum absolute atomic E-state index is 12.9. The second-order valence-corrected chi connectivity index (χ2v) is 11.2. The van der Waals surface area contributed by atoms with Gasteiger partial charge >= 0.3 is 0 Å². The molecule has 31 heavy (non-hydrogen) atoms. The fourth-order valence-electron chi connectivity index (χ4n) is 3.85. The van der Waals surface area contributed by atoms with Gasteiger partial charge in [-0.05, 0) is 56.6 Å². The van der Waals surface area contributed by atoms with Gasteiger partial charge in [0, 0.05) is 44.2 Å². The van der Waals surface area contributed by atoms with E-state index in [0.29, 0.717) is 44.6 Å². The lowest BCUT2D eigenvalue weighted by Gasteiger charge is -2.32. The van der Waals surface area contributed by atoms with Crippen molar-refractivity contribution < 1.29 is 18.0 Å². The number of carbonyl (C=O) groups is 2. The SMILES string of the molecule is CCC(=O)Nc1ccc(S(=O)(=O)N2CCC(C(=O)NCC(C)(C)CN(C)C)CC2)cc1. The van der Waals surface area contributed by atoms with Gasteiger partial charge in [0.05, 0.1) is 4.90 Å². The van der Waals surface area contributed by atoms with E-state index in [9.17, 15) is 18.0 Å². The zero-order valence-electron chi connectivity index (χ0n) is 19.3. The summed E-state index contributed by atoms with van der Waals surface area (Å²) in [4.78, 5) is 26.3. The van der Waals surface area contributed by atoms with E-state index in [2.05, 4.69) is 29.4 Å². The van der Waals surface area contributed by atoms with E-state index in [-0.39, 0.29) is 28.0 Å². The van der Waals surface area contributed by atoms with Crippen LogP contribution in [0.25, 0.3) is 0 Å². The lowest BCUT2D eigenvalue weighted by Crippen LogP contribution is -2.45. The Kier molecular flexibility index (Phi) is 8.62. The topological polar surface area (TPSA) is 98.8 Å². The minimum absolute atomic E-state index is 0.0000947. The van der Waals surface area contributed by atoms with Crippen LogP contribution in [0.5, 0.6) is 0 Å².